The molecule has 0 spiro atoms. The molecule has 1 saturated heterocycles. The Kier molecular flexibility index (Phi) is 5.21. The molecule has 2 fully saturated rings. The first-order valence-electron chi connectivity index (χ1n) is 11.5. The number of rotatable bonds is 5. The van der Waals surface area contributed by atoms with Gasteiger partial charge in [-0.3, -0.25) is 14.6 Å². The number of benzene rings is 2. The summed E-state index contributed by atoms with van der Waals surface area (Å²) in [5, 5.41) is 4.16. The molecule has 4 aromatic rings. The lowest BCUT2D eigenvalue weighted by molar-refractivity contribution is 0.0685. The number of nitrogen functional groups attached to an aromatic ring is 1. The van der Waals surface area contributed by atoms with E-state index in [0.29, 0.717) is 34.0 Å². The Hall–Kier alpha value is -3.85. The first-order chi connectivity index (χ1) is 17.0. The van der Waals surface area contributed by atoms with E-state index < -0.39 is 0 Å². The SMILES string of the molecule is Nc1nc(C(=O)N2C3CC3C[C@H]2CNC(=O)c2cccc3cccnc23)c(-c2cccc(F)c2)s1. The number of carbonyl (C=O) groups is 2. The minimum atomic E-state index is -0.389. The summed E-state index contributed by atoms with van der Waals surface area (Å²) in [6.45, 7) is 0.329. The molecule has 0 radical (unpaired) electrons. The monoisotopic (exact) mass is 487 g/mol. The van der Waals surface area contributed by atoms with E-state index in [4.69, 9.17) is 5.73 Å². The van der Waals surface area contributed by atoms with E-state index in [0.717, 1.165) is 18.2 Å². The lowest BCUT2D eigenvalue weighted by atomic mass is 10.1. The van der Waals surface area contributed by atoms with Crippen LogP contribution < -0.4 is 11.1 Å². The molecule has 2 aromatic carbocycles. The minimum Gasteiger partial charge on any atom is -0.375 e. The molecule has 1 aliphatic carbocycles. The van der Waals surface area contributed by atoms with Gasteiger partial charge in [0, 0.05) is 24.2 Å². The first kappa shape index (κ1) is 21.7. The van der Waals surface area contributed by atoms with E-state index in [1.54, 1.807) is 24.4 Å². The Labute approximate surface area is 204 Å². The minimum absolute atomic E-state index is 0.131. The number of carbonyl (C=O) groups excluding carboxylic acids is 2. The summed E-state index contributed by atoms with van der Waals surface area (Å²) in [6.07, 6.45) is 3.43. The second-order valence-corrected chi connectivity index (χ2v) is 10.0. The Balaban J connectivity index is 1.23. The van der Waals surface area contributed by atoms with Crippen LogP contribution >= 0.6 is 11.3 Å². The maximum atomic E-state index is 13.9. The van der Waals surface area contributed by atoms with Crippen LogP contribution in [0.1, 0.15) is 33.7 Å². The second-order valence-electron chi connectivity index (χ2n) is 9.00. The van der Waals surface area contributed by atoms with Crippen LogP contribution in [0, 0.1) is 11.7 Å². The number of fused-ring (bicyclic) bond motifs is 2. The van der Waals surface area contributed by atoms with E-state index in [9.17, 15) is 14.0 Å². The molecule has 9 heteroatoms. The lowest BCUT2D eigenvalue weighted by Crippen LogP contribution is -2.45. The van der Waals surface area contributed by atoms with Gasteiger partial charge < -0.3 is 16.0 Å². The molecule has 6 rings (SSSR count). The molecule has 7 nitrogen and oxygen atoms in total. The molecule has 2 aliphatic rings. The number of halogens is 1. The van der Waals surface area contributed by atoms with Crippen LogP contribution in [0.25, 0.3) is 21.3 Å². The van der Waals surface area contributed by atoms with Gasteiger partial charge in [0.05, 0.1) is 22.0 Å². The third-order valence-corrected chi connectivity index (χ3v) is 7.69. The normalized spacial score (nSPS) is 20.6. The molecule has 3 atom stereocenters. The predicted octanol–water partition coefficient (Wildman–Crippen LogP) is 4.11. The van der Waals surface area contributed by atoms with Crippen molar-refractivity contribution in [1.82, 2.24) is 20.2 Å². The van der Waals surface area contributed by atoms with Gasteiger partial charge in [0.1, 0.15) is 11.5 Å². The van der Waals surface area contributed by atoms with Crippen molar-refractivity contribution in [3.8, 4) is 10.4 Å². The van der Waals surface area contributed by atoms with E-state index >= 15 is 0 Å². The van der Waals surface area contributed by atoms with Crippen molar-refractivity contribution in [2.75, 3.05) is 12.3 Å². The van der Waals surface area contributed by atoms with Crippen LogP contribution in [0.2, 0.25) is 0 Å². The summed E-state index contributed by atoms with van der Waals surface area (Å²) in [7, 11) is 0. The number of anilines is 1. The second kappa shape index (κ2) is 8.42. The number of likely N-dealkylation sites (tertiary alicyclic amines) is 1. The maximum Gasteiger partial charge on any atom is 0.274 e. The van der Waals surface area contributed by atoms with Crippen molar-refractivity contribution in [3.05, 3.63) is 77.9 Å². The number of nitrogens with zero attached hydrogens (tertiary/aromatic N) is 3. The van der Waals surface area contributed by atoms with Gasteiger partial charge in [0.25, 0.3) is 11.8 Å². The van der Waals surface area contributed by atoms with Gasteiger partial charge in [-0.1, -0.05) is 41.7 Å². The van der Waals surface area contributed by atoms with E-state index in [1.807, 2.05) is 29.2 Å². The molecule has 1 aliphatic heterocycles. The van der Waals surface area contributed by atoms with Crippen LogP contribution in [0.5, 0.6) is 0 Å². The van der Waals surface area contributed by atoms with Crippen molar-refractivity contribution < 1.29 is 14.0 Å². The molecule has 2 aromatic heterocycles. The summed E-state index contributed by atoms with van der Waals surface area (Å²) in [6, 6.07) is 15.3. The number of para-hydroxylation sites is 1. The summed E-state index contributed by atoms with van der Waals surface area (Å²) in [5.74, 6) is -0.414. The van der Waals surface area contributed by atoms with Crippen LogP contribution in [0.4, 0.5) is 9.52 Å². The smallest absolute Gasteiger partial charge is 0.274 e. The fourth-order valence-electron chi connectivity index (χ4n) is 5.08. The molecule has 3 N–H and O–H groups in total. The Bertz CT molecular complexity index is 1470. The molecule has 0 bridgehead atoms. The third-order valence-electron chi connectivity index (χ3n) is 6.75. The van der Waals surface area contributed by atoms with Gasteiger partial charge in [0.15, 0.2) is 5.13 Å². The number of hydrogen-bond donors (Lipinski definition) is 2. The third kappa shape index (κ3) is 3.91. The highest BCUT2D eigenvalue weighted by Gasteiger charge is 2.54. The quantitative estimate of drug-likeness (QED) is 0.441. The largest absolute Gasteiger partial charge is 0.375 e. The zero-order valence-electron chi connectivity index (χ0n) is 18.6. The summed E-state index contributed by atoms with van der Waals surface area (Å²) < 4.78 is 13.9. The van der Waals surface area contributed by atoms with Crippen molar-refractivity contribution in [2.45, 2.75) is 24.9 Å². The number of piperidine rings is 1. The number of thiazole rings is 1. The highest BCUT2D eigenvalue weighted by molar-refractivity contribution is 7.19. The predicted molar refractivity (Wildman–Crippen MR) is 132 cm³/mol. The lowest BCUT2D eigenvalue weighted by Gasteiger charge is -2.27. The molecule has 3 heterocycles. The van der Waals surface area contributed by atoms with Gasteiger partial charge in [0.2, 0.25) is 0 Å². The summed E-state index contributed by atoms with van der Waals surface area (Å²) in [5.41, 5.74) is 7.92. The van der Waals surface area contributed by atoms with Gasteiger partial charge in [-0.2, -0.15) is 0 Å². The van der Waals surface area contributed by atoms with Crippen molar-refractivity contribution >= 4 is 39.2 Å². The number of amides is 2. The molecule has 176 valence electrons. The average Bonchev–Trinajstić information content (AvgIpc) is 3.35. The number of nitrogens with two attached hydrogens (primary N) is 1. The van der Waals surface area contributed by atoms with Crippen LogP contribution in [0.15, 0.2) is 60.8 Å². The molecule has 35 heavy (non-hydrogen) atoms. The van der Waals surface area contributed by atoms with Gasteiger partial charge in [-0.15, -0.1) is 0 Å². The number of aromatic nitrogens is 2. The van der Waals surface area contributed by atoms with Crippen molar-refractivity contribution in [2.24, 2.45) is 5.92 Å². The van der Waals surface area contributed by atoms with Crippen LogP contribution in [0.3, 0.4) is 0 Å². The summed E-state index contributed by atoms with van der Waals surface area (Å²) in [4.78, 5) is 37.8. The highest BCUT2D eigenvalue weighted by atomic mass is 32.1. The van der Waals surface area contributed by atoms with Crippen molar-refractivity contribution in [3.63, 3.8) is 0 Å². The topological polar surface area (TPSA) is 101 Å². The number of pyridine rings is 1. The number of nitrogens with one attached hydrogen (secondary N) is 1. The first-order valence-corrected chi connectivity index (χ1v) is 12.3. The number of hydrogen-bond acceptors (Lipinski definition) is 6. The van der Waals surface area contributed by atoms with Crippen LogP contribution in [-0.2, 0) is 0 Å². The zero-order chi connectivity index (χ0) is 24.1. The Morgan fingerprint density at radius 1 is 1.14 bits per heavy atom. The molecular formula is C26H22FN5O2S. The fraction of sp³-hybridized carbons (Fsp3) is 0.231. The Morgan fingerprint density at radius 3 is 2.83 bits per heavy atom. The average molecular weight is 488 g/mol. The highest BCUT2D eigenvalue weighted by Crippen LogP contribution is 2.49. The van der Waals surface area contributed by atoms with Gasteiger partial charge in [-0.05, 0) is 48.6 Å². The van der Waals surface area contributed by atoms with E-state index in [1.165, 1.54) is 23.5 Å². The van der Waals surface area contributed by atoms with Gasteiger partial charge in [-0.25, -0.2) is 9.37 Å². The van der Waals surface area contributed by atoms with Gasteiger partial charge >= 0.3 is 0 Å². The maximum absolute atomic E-state index is 13.9. The van der Waals surface area contributed by atoms with E-state index in [-0.39, 0.29) is 40.5 Å². The fourth-order valence-corrected chi connectivity index (χ4v) is 5.90. The standard InChI is InChI=1S/C26H22FN5O2S/c27-17-7-1-5-15(10-17)23-22(31-26(28)35-23)25(34)32-18(11-16-12-20(16)32)13-30-24(33)19-8-2-4-14-6-3-9-29-21(14)19/h1-10,16,18,20H,11-13H2,(H2,28,31)(H,30,33)/t16?,18-,20?/m0/s1. The van der Waals surface area contributed by atoms with E-state index in [2.05, 4.69) is 15.3 Å². The molecule has 2 amide bonds. The van der Waals surface area contributed by atoms with Crippen molar-refractivity contribution in [1.29, 1.82) is 0 Å². The molecular weight excluding hydrogens is 465 g/mol. The Morgan fingerprint density at radius 2 is 1.97 bits per heavy atom. The zero-order valence-corrected chi connectivity index (χ0v) is 19.5. The molecule has 1 saturated carbocycles. The summed E-state index contributed by atoms with van der Waals surface area (Å²) >= 11 is 1.17. The molecule has 2 unspecified atom stereocenters. The van der Waals surface area contributed by atoms with Crippen LogP contribution in [-0.4, -0.2) is 45.3 Å².